The maximum absolute atomic E-state index is 11.5. The van der Waals surface area contributed by atoms with Crippen molar-refractivity contribution in [3.05, 3.63) is 0 Å². The summed E-state index contributed by atoms with van der Waals surface area (Å²) in [5.41, 5.74) is -0.0226. The molecule has 15 heavy (non-hydrogen) atoms. The Hall–Kier alpha value is -1.39. The highest BCUT2D eigenvalue weighted by Crippen LogP contribution is 2.25. The Morgan fingerprint density at radius 3 is 2.53 bits per heavy atom. The number of aliphatic carboxylic acids is 1. The fourth-order valence-electron chi connectivity index (χ4n) is 2.17. The molecule has 0 aromatic rings. The van der Waals surface area contributed by atoms with E-state index in [1.807, 2.05) is 0 Å². The number of carbonyl (C=O) groups excluding carboxylic acids is 1. The molecule has 0 unspecified atom stereocenters. The lowest BCUT2D eigenvalue weighted by Gasteiger charge is -2.27. The Morgan fingerprint density at radius 1 is 1.33 bits per heavy atom. The lowest BCUT2D eigenvalue weighted by Crippen LogP contribution is -2.34. The minimum absolute atomic E-state index is 0.0226. The number of hydrogen-bond acceptors (Lipinski definition) is 3. The van der Waals surface area contributed by atoms with Crippen molar-refractivity contribution in [1.29, 1.82) is 0 Å². The highest BCUT2D eigenvalue weighted by Gasteiger charge is 2.33. The largest absolute Gasteiger partial charge is 0.477 e. The SMILES string of the molecule is O=C(O)C1=NN(C2CCCCC2)C(=O)C1. The first-order valence-electron chi connectivity index (χ1n) is 5.31. The molecule has 0 saturated heterocycles. The molecule has 0 bridgehead atoms. The zero-order valence-electron chi connectivity index (χ0n) is 8.48. The van der Waals surface area contributed by atoms with E-state index >= 15 is 0 Å². The second-order valence-corrected chi connectivity index (χ2v) is 4.06. The quantitative estimate of drug-likeness (QED) is 0.738. The highest BCUT2D eigenvalue weighted by molar-refractivity contribution is 6.40. The summed E-state index contributed by atoms with van der Waals surface area (Å²) in [5, 5.41) is 14.0. The van der Waals surface area contributed by atoms with Crippen LogP contribution < -0.4 is 0 Å². The van der Waals surface area contributed by atoms with Crippen LogP contribution in [-0.2, 0) is 9.59 Å². The van der Waals surface area contributed by atoms with Crippen LogP contribution in [0.25, 0.3) is 0 Å². The van der Waals surface area contributed by atoms with E-state index in [9.17, 15) is 9.59 Å². The van der Waals surface area contributed by atoms with Gasteiger partial charge in [-0.3, -0.25) is 4.79 Å². The molecule has 0 spiro atoms. The third-order valence-corrected chi connectivity index (χ3v) is 2.97. The van der Waals surface area contributed by atoms with Crippen LogP contribution in [0.5, 0.6) is 0 Å². The normalized spacial score (nSPS) is 23.1. The second kappa shape index (κ2) is 4.00. The Bertz CT molecular complexity index is 319. The first-order valence-corrected chi connectivity index (χ1v) is 5.31. The lowest BCUT2D eigenvalue weighted by atomic mass is 9.95. The molecular formula is C10H14N2O3. The number of hydrazone groups is 1. The average Bonchev–Trinajstić information content (AvgIpc) is 2.62. The van der Waals surface area contributed by atoms with Crippen molar-refractivity contribution in [3.63, 3.8) is 0 Å². The summed E-state index contributed by atoms with van der Waals surface area (Å²) in [5.74, 6) is -1.25. The fraction of sp³-hybridized carbons (Fsp3) is 0.700. The van der Waals surface area contributed by atoms with Gasteiger partial charge < -0.3 is 5.11 Å². The van der Waals surface area contributed by atoms with E-state index in [-0.39, 0.29) is 24.1 Å². The molecule has 1 aliphatic carbocycles. The zero-order chi connectivity index (χ0) is 10.8. The minimum atomic E-state index is -1.08. The van der Waals surface area contributed by atoms with Crippen LogP contribution in [0, 0.1) is 0 Å². The summed E-state index contributed by atoms with van der Waals surface area (Å²) in [4.78, 5) is 22.2. The number of nitrogens with zero attached hydrogens (tertiary/aromatic N) is 2. The van der Waals surface area contributed by atoms with Crippen LogP contribution in [0.15, 0.2) is 5.10 Å². The molecule has 82 valence electrons. The van der Waals surface area contributed by atoms with Crippen molar-refractivity contribution < 1.29 is 14.7 Å². The first kappa shape index (κ1) is 10.1. The van der Waals surface area contributed by atoms with Gasteiger partial charge in [0, 0.05) is 0 Å². The molecule has 1 saturated carbocycles. The van der Waals surface area contributed by atoms with Crippen molar-refractivity contribution in [2.75, 3.05) is 0 Å². The predicted molar refractivity (Wildman–Crippen MR) is 53.4 cm³/mol. The summed E-state index contributed by atoms with van der Waals surface area (Å²) in [6.07, 6.45) is 5.25. The number of carbonyl (C=O) groups is 2. The van der Waals surface area contributed by atoms with E-state index in [0.717, 1.165) is 25.7 Å². The molecule has 0 radical (unpaired) electrons. The van der Waals surface area contributed by atoms with Gasteiger partial charge in [-0.05, 0) is 12.8 Å². The monoisotopic (exact) mass is 210 g/mol. The third kappa shape index (κ3) is 2.00. The van der Waals surface area contributed by atoms with Gasteiger partial charge in [-0.25, -0.2) is 9.80 Å². The summed E-state index contributed by atoms with van der Waals surface area (Å²) >= 11 is 0. The maximum Gasteiger partial charge on any atom is 0.352 e. The van der Waals surface area contributed by atoms with Crippen molar-refractivity contribution in [3.8, 4) is 0 Å². The van der Waals surface area contributed by atoms with Crippen molar-refractivity contribution in [2.45, 2.75) is 44.6 Å². The fourth-order valence-corrected chi connectivity index (χ4v) is 2.17. The van der Waals surface area contributed by atoms with Gasteiger partial charge in [0.15, 0.2) is 5.71 Å². The zero-order valence-corrected chi connectivity index (χ0v) is 8.48. The van der Waals surface area contributed by atoms with Gasteiger partial charge in [0.1, 0.15) is 0 Å². The Kier molecular flexibility index (Phi) is 2.70. The molecule has 2 aliphatic rings. The number of amides is 1. The smallest absolute Gasteiger partial charge is 0.352 e. The molecule has 1 N–H and O–H groups in total. The van der Waals surface area contributed by atoms with Crippen LogP contribution in [0.4, 0.5) is 0 Å². The minimum Gasteiger partial charge on any atom is -0.477 e. The standard InChI is InChI=1S/C10H14N2O3/c13-9-6-8(10(14)15)11-12(9)7-4-2-1-3-5-7/h7H,1-6H2,(H,14,15). The first-order chi connectivity index (χ1) is 7.18. The Labute approximate surface area is 87.8 Å². The van der Waals surface area contributed by atoms with Gasteiger partial charge in [-0.2, -0.15) is 5.10 Å². The molecule has 5 nitrogen and oxygen atoms in total. The van der Waals surface area contributed by atoms with Crippen LogP contribution in [0.3, 0.4) is 0 Å². The molecule has 5 heteroatoms. The molecule has 1 amide bonds. The van der Waals surface area contributed by atoms with Gasteiger partial charge in [0.2, 0.25) is 5.91 Å². The van der Waals surface area contributed by atoms with E-state index in [2.05, 4.69) is 5.10 Å². The molecule has 1 fully saturated rings. The van der Waals surface area contributed by atoms with Crippen molar-refractivity contribution >= 4 is 17.6 Å². The Morgan fingerprint density at radius 2 is 2.00 bits per heavy atom. The van der Waals surface area contributed by atoms with Gasteiger partial charge in [0.25, 0.3) is 0 Å². The van der Waals surface area contributed by atoms with Gasteiger partial charge >= 0.3 is 5.97 Å². The summed E-state index contributed by atoms with van der Waals surface area (Å²) in [6.45, 7) is 0. The van der Waals surface area contributed by atoms with Crippen LogP contribution in [0.2, 0.25) is 0 Å². The van der Waals surface area contributed by atoms with E-state index < -0.39 is 5.97 Å². The molecule has 0 aromatic heterocycles. The molecule has 2 rings (SSSR count). The number of carboxylic acid groups (broad SMARTS) is 1. The van der Waals surface area contributed by atoms with Crippen molar-refractivity contribution in [1.82, 2.24) is 5.01 Å². The molecule has 0 atom stereocenters. The summed E-state index contributed by atoms with van der Waals surface area (Å²) < 4.78 is 0. The van der Waals surface area contributed by atoms with E-state index in [4.69, 9.17) is 5.11 Å². The van der Waals surface area contributed by atoms with Crippen LogP contribution in [0.1, 0.15) is 38.5 Å². The van der Waals surface area contributed by atoms with Crippen LogP contribution in [-0.4, -0.2) is 33.7 Å². The topological polar surface area (TPSA) is 70.0 Å². The van der Waals surface area contributed by atoms with Gasteiger partial charge in [-0.15, -0.1) is 0 Å². The van der Waals surface area contributed by atoms with E-state index in [1.165, 1.54) is 11.4 Å². The third-order valence-electron chi connectivity index (χ3n) is 2.97. The number of hydrogen-bond donors (Lipinski definition) is 1. The van der Waals surface area contributed by atoms with Crippen molar-refractivity contribution in [2.24, 2.45) is 5.10 Å². The number of rotatable bonds is 2. The lowest BCUT2D eigenvalue weighted by molar-refractivity contribution is -0.132. The highest BCUT2D eigenvalue weighted by atomic mass is 16.4. The molecule has 1 heterocycles. The Balaban J connectivity index is 2.08. The molecular weight excluding hydrogens is 196 g/mol. The van der Waals surface area contributed by atoms with E-state index in [0.29, 0.717) is 0 Å². The van der Waals surface area contributed by atoms with Gasteiger partial charge in [-0.1, -0.05) is 19.3 Å². The molecule has 1 aliphatic heterocycles. The number of carboxylic acids is 1. The summed E-state index contributed by atoms with van der Waals surface area (Å²) in [6, 6.07) is 0.128. The molecule has 0 aromatic carbocycles. The summed E-state index contributed by atoms with van der Waals surface area (Å²) in [7, 11) is 0. The van der Waals surface area contributed by atoms with Gasteiger partial charge in [0.05, 0.1) is 12.5 Å². The average molecular weight is 210 g/mol. The van der Waals surface area contributed by atoms with E-state index in [1.54, 1.807) is 0 Å². The predicted octanol–water partition coefficient (Wildman–Crippen LogP) is 0.992. The van der Waals surface area contributed by atoms with Crippen LogP contribution >= 0.6 is 0 Å². The maximum atomic E-state index is 11.5. The second-order valence-electron chi connectivity index (χ2n) is 4.06.